The van der Waals surface area contributed by atoms with E-state index in [9.17, 15) is 4.39 Å². The monoisotopic (exact) mass is 456 g/mol. The predicted octanol–water partition coefficient (Wildman–Crippen LogP) is 4.55. The van der Waals surface area contributed by atoms with E-state index in [-0.39, 0.29) is 5.82 Å². The Labute approximate surface area is 194 Å². The van der Waals surface area contributed by atoms with Gasteiger partial charge in [-0.3, -0.25) is 4.72 Å². The lowest BCUT2D eigenvalue weighted by Crippen LogP contribution is -2.44. The maximum atomic E-state index is 13.5. The quantitative estimate of drug-likeness (QED) is 0.327. The van der Waals surface area contributed by atoms with Crippen LogP contribution in [0.5, 0.6) is 5.75 Å². The normalized spacial score (nSPS) is 15.4. The number of aromatic nitrogens is 1. The zero-order chi connectivity index (χ0) is 22.2. The van der Waals surface area contributed by atoms with Crippen molar-refractivity contribution in [3.63, 3.8) is 0 Å². The van der Waals surface area contributed by atoms with Crippen molar-refractivity contribution >= 4 is 22.9 Å². The highest BCUT2D eigenvalue weighted by Crippen LogP contribution is 2.22. The fourth-order valence-electron chi connectivity index (χ4n) is 4.00. The van der Waals surface area contributed by atoms with Crippen LogP contribution in [0.15, 0.2) is 53.6 Å². The van der Waals surface area contributed by atoms with Crippen molar-refractivity contribution in [3.8, 4) is 5.75 Å². The molecule has 1 aromatic heterocycles. The number of ether oxygens (including phenoxy) is 1. The summed E-state index contributed by atoms with van der Waals surface area (Å²) < 4.78 is 22.8. The van der Waals surface area contributed by atoms with Gasteiger partial charge in [0.2, 0.25) is 0 Å². The number of likely N-dealkylation sites (N-methyl/N-ethyl adjacent to an activating group) is 1. The van der Waals surface area contributed by atoms with Crippen LogP contribution < -0.4 is 9.46 Å². The van der Waals surface area contributed by atoms with Gasteiger partial charge in [0.25, 0.3) is 0 Å². The minimum absolute atomic E-state index is 0.186. The first-order chi connectivity index (χ1) is 15.7. The second kappa shape index (κ2) is 11.7. The smallest absolute Gasteiger partial charge is 0.123 e. The van der Waals surface area contributed by atoms with Crippen molar-refractivity contribution < 1.29 is 9.13 Å². The van der Waals surface area contributed by atoms with Crippen LogP contribution in [-0.4, -0.2) is 67.7 Å². The molecular weight excluding hydrogens is 423 g/mol. The summed E-state index contributed by atoms with van der Waals surface area (Å²) in [6.45, 7) is 7.41. The number of hydrogen-bond acceptors (Lipinski definition) is 5. The summed E-state index contributed by atoms with van der Waals surface area (Å²) in [7, 11) is 2.19. The molecule has 172 valence electrons. The molecule has 1 saturated heterocycles. The van der Waals surface area contributed by atoms with Crippen LogP contribution >= 0.6 is 11.9 Å². The number of nitrogens with zero attached hydrogens (tertiary/aromatic N) is 2. The van der Waals surface area contributed by atoms with Crippen LogP contribution in [0.25, 0.3) is 10.9 Å². The molecule has 0 spiro atoms. The summed E-state index contributed by atoms with van der Waals surface area (Å²) in [5.74, 6) is 0.744. The third-order valence-corrected chi connectivity index (χ3v) is 6.81. The van der Waals surface area contributed by atoms with Crippen LogP contribution in [-0.2, 0) is 6.42 Å². The van der Waals surface area contributed by atoms with Crippen LogP contribution in [0, 0.1) is 5.82 Å². The van der Waals surface area contributed by atoms with E-state index in [1.54, 1.807) is 24.1 Å². The van der Waals surface area contributed by atoms with E-state index in [0.29, 0.717) is 0 Å². The van der Waals surface area contributed by atoms with E-state index in [2.05, 4.69) is 38.7 Å². The molecule has 7 heteroatoms. The Morgan fingerprint density at radius 1 is 1.06 bits per heavy atom. The van der Waals surface area contributed by atoms with E-state index in [0.717, 1.165) is 81.8 Å². The zero-order valence-corrected chi connectivity index (χ0v) is 19.6. The second-order valence-corrected chi connectivity index (χ2v) is 9.39. The van der Waals surface area contributed by atoms with Crippen molar-refractivity contribution in [1.29, 1.82) is 0 Å². The number of aryl methyl sites for hydroxylation is 1. The van der Waals surface area contributed by atoms with Gasteiger partial charge in [0, 0.05) is 61.3 Å². The lowest BCUT2D eigenvalue weighted by molar-refractivity contribution is 0.145. The van der Waals surface area contributed by atoms with Crippen LogP contribution in [0.1, 0.15) is 18.4 Å². The third-order valence-electron chi connectivity index (χ3n) is 5.95. The van der Waals surface area contributed by atoms with Gasteiger partial charge < -0.3 is 19.5 Å². The van der Waals surface area contributed by atoms with Crippen molar-refractivity contribution in [3.05, 3.63) is 60.0 Å². The van der Waals surface area contributed by atoms with Gasteiger partial charge in [-0.25, -0.2) is 4.39 Å². The molecule has 0 bridgehead atoms. The van der Waals surface area contributed by atoms with Crippen LogP contribution in [0.4, 0.5) is 4.39 Å². The van der Waals surface area contributed by atoms with Gasteiger partial charge in [-0.15, -0.1) is 0 Å². The van der Waals surface area contributed by atoms with Crippen molar-refractivity contribution in [2.45, 2.75) is 24.2 Å². The molecule has 0 radical (unpaired) electrons. The van der Waals surface area contributed by atoms with E-state index < -0.39 is 0 Å². The molecule has 2 aromatic carbocycles. The van der Waals surface area contributed by atoms with Crippen molar-refractivity contribution in [2.75, 3.05) is 52.9 Å². The Hall–Kier alpha value is -2.06. The average molecular weight is 457 g/mol. The number of benzene rings is 2. The predicted molar refractivity (Wildman–Crippen MR) is 131 cm³/mol. The Kier molecular flexibility index (Phi) is 8.45. The SMILES string of the molecule is CN1CCN(CCCOc2ccc(SNCCCc3c[nH]c4ccc(F)cc34)cc2)CC1. The molecule has 1 aliphatic heterocycles. The van der Waals surface area contributed by atoms with Crippen molar-refractivity contribution in [1.82, 2.24) is 19.5 Å². The van der Waals surface area contributed by atoms with Gasteiger partial charge in [-0.1, -0.05) is 0 Å². The number of piperazine rings is 1. The largest absolute Gasteiger partial charge is 0.494 e. The summed E-state index contributed by atoms with van der Waals surface area (Å²) in [6, 6.07) is 13.2. The summed E-state index contributed by atoms with van der Waals surface area (Å²) in [4.78, 5) is 9.29. The molecule has 32 heavy (non-hydrogen) atoms. The molecule has 4 rings (SSSR count). The second-order valence-electron chi connectivity index (χ2n) is 8.42. The lowest BCUT2D eigenvalue weighted by atomic mass is 10.1. The number of hydrogen-bond donors (Lipinski definition) is 2. The van der Waals surface area contributed by atoms with Crippen LogP contribution in [0.3, 0.4) is 0 Å². The molecule has 2 N–H and O–H groups in total. The standard InChI is InChI=1S/C25H33FN4OS/c1-29-13-15-30(16-14-29)12-3-17-31-22-6-8-23(9-7-22)32-28-11-2-4-20-19-27-25-10-5-21(26)18-24(20)25/h5-10,18-19,27-28H,2-4,11-17H2,1H3. The molecule has 0 atom stereocenters. The third kappa shape index (κ3) is 6.72. The molecule has 1 aliphatic rings. The number of nitrogens with one attached hydrogen (secondary N) is 2. The maximum Gasteiger partial charge on any atom is 0.123 e. The first-order valence-corrected chi connectivity index (χ1v) is 12.3. The first-order valence-electron chi connectivity index (χ1n) is 11.5. The summed E-state index contributed by atoms with van der Waals surface area (Å²) >= 11 is 1.64. The number of H-pyrrole nitrogens is 1. The summed E-state index contributed by atoms with van der Waals surface area (Å²) in [5.41, 5.74) is 2.16. The Balaban J connectivity index is 1.10. The minimum Gasteiger partial charge on any atom is -0.494 e. The van der Waals surface area contributed by atoms with E-state index >= 15 is 0 Å². The van der Waals surface area contributed by atoms with Gasteiger partial charge >= 0.3 is 0 Å². The lowest BCUT2D eigenvalue weighted by Gasteiger charge is -2.32. The molecule has 1 fully saturated rings. The molecule has 0 saturated carbocycles. The number of aromatic amines is 1. The summed E-state index contributed by atoms with van der Waals surface area (Å²) in [6.07, 6.45) is 4.95. The Bertz CT molecular complexity index is 970. The Morgan fingerprint density at radius 2 is 1.88 bits per heavy atom. The minimum atomic E-state index is -0.186. The molecule has 0 aliphatic carbocycles. The first kappa shape index (κ1) is 23.1. The topological polar surface area (TPSA) is 43.5 Å². The van der Waals surface area contributed by atoms with E-state index in [1.807, 2.05) is 18.3 Å². The van der Waals surface area contributed by atoms with Gasteiger partial charge in [-0.05, 0) is 86.3 Å². The number of fused-ring (bicyclic) bond motifs is 1. The van der Waals surface area contributed by atoms with Gasteiger partial charge in [-0.2, -0.15) is 0 Å². The Morgan fingerprint density at radius 3 is 2.69 bits per heavy atom. The van der Waals surface area contributed by atoms with Gasteiger partial charge in [0.15, 0.2) is 0 Å². The van der Waals surface area contributed by atoms with E-state index in [4.69, 9.17) is 4.74 Å². The van der Waals surface area contributed by atoms with Gasteiger partial charge in [0.05, 0.1) is 6.61 Å². The highest BCUT2D eigenvalue weighted by atomic mass is 32.2. The fourth-order valence-corrected chi connectivity index (χ4v) is 4.68. The molecule has 3 aromatic rings. The highest BCUT2D eigenvalue weighted by molar-refractivity contribution is 7.97. The molecule has 5 nitrogen and oxygen atoms in total. The van der Waals surface area contributed by atoms with Crippen LogP contribution in [0.2, 0.25) is 0 Å². The maximum absolute atomic E-state index is 13.5. The molecular formula is C25H33FN4OS. The van der Waals surface area contributed by atoms with E-state index in [1.165, 1.54) is 16.5 Å². The number of halogens is 1. The van der Waals surface area contributed by atoms with Gasteiger partial charge in [0.1, 0.15) is 11.6 Å². The average Bonchev–Trinajstić information content (AvgIpc) is 3.20. The zero-order valence-electron chi connectivity index (χ0n) is 18.8. The molecule has 0 amide bonds. The highest BCUT2D eigenvalue weighted by Gasteiger charge is 2.12. The summed E-state index contributed by atoms with van der Waals surface area (Å²) in [5, 5.41) is 0.983. The number of rotatable bonds is 11. The van der Waals surface area contributed by atoms with Crippen molar-refractivity contribution in [2.24, 2.45) is 0 Å². The molecule has 0 unspecified atom stereocenters. The molecule has 2 heterocycles. The fraction of sp³-hybridized carbons (Fsp3) is 0.440.